The summed E-state index contributed by atoms with van der Waals surface area (Å²) in [6, 6.07) is 3.58. The van der Waals surface area contributed by atoms with Crippen molar-refractivity contribution in [2.24, 2.45) is 5.41 Å². The third-order valence-electron chi connectivity index (χ3n) is 4.86. The van der Waals surface area contributed by atoms with Crippen LogP contribution >= 0.6 is 22.7 Å². The molecular formula is C16H20N2O3S3. The van der Waals surface area contributed by atoms with Gasteiger partial charge >= 0.3 is 0 Å². The summed E-state index contributed by atoms with van der Waals surface area (Å²) in [4.78, 5) is 5.36. The lowest BCUT2D eigenvalue weighted by atomic mass is 9.80. The van der Waals surface area contributed by atoms with Crippen molar-refractivity contribution in [1.82, 2.24) is 9.29 Å². The Balaban J connectivity index is 1.59. The van der Waals surface area contributed by atoms with Crippen molar-refractivity contribution < 1.29 is 13.2 Å². The number of thiophene rings is 1. The molecule has 0 radical (unpaired) electrons. The van der Waals surface area contributed by atoms with Crippen molar-refractivity contribution in [3.8, 4) is 10.6 Å². The summed E-state index contributed by atoms with van der Waals surface area (Å²) in [6.07, 6.45) is 2.94. The highest BCUT2D eigenvalue weighted by molar-refractivity contribution is 7.91. The van der Waals surface area contributed by atoms with E-state index in [1.54, 1.807) is 21.7 Å². The first-order valence-corrected chi connectivity index (χ1v) is 11.2. The maximum Gasteiger partial charge on any atom is 0.252 e. The van der Waals surface area contributed by atoms with E-state index in [9.17, 15) is 8.42 Å². The Morgan fingerprint density at radius 3 is 2.92 bits per heavy atom. The SMILES string of the molecule is Cc1nc(-c2ccc(S(=O)(=O)N3CCC[C@]4(CCOC4)C3)s2)cs1. The van der Waals surface area contributed by atoms with Crippen LogP contribution in [0.3, 0.4) is 0 Å². The summed E-state index contributed by atoms with van der Waals surface area (Å²) < 4.78 is 33.7. The number of nitrogens with zero attached hydrogens (tertiary/aromatic N) is 2. The quantitative estimate of drug-likeness (QED) is 0.814. The zero-order valence-electron chi connectivity index (χ0n) is 13.5. The van der Waals surface area contributed by atoms with E-state index >= 15 is 0 Å². The largest absolute Gasteiger partial charge is 0.381 e. The maximum absolute atomic E-state index is 13.1. The molecule has 2 fully saturated rings. The minimum Gasteiger partial charge on any atom is -0.381 e. The number of ether oxygens (including phenoxy) is 1. The van der Waals surface area contributed by atoms with Crippen molar-refractivity contribution in [1.29, 1.82) is 0 Å². The number of sulfonamides is 1. The molecule has 4 rings (SSSR count). The van der Waals surface area contributed by atoms with Gasteiger partial charge in [-0.15, -0.1) is 22.7 Å². The minimum absolute atomic E-state index is 0.0252. The summed E-state index contributed by atoms with van der Waals surface area (Å²) in [5.41, 5.74) is 0.889. The second-order valence-electron chi connectivity index (χ2n) is 6.62. The first-order valence-electron chi connectivity index (χ1n) is 8.09. The van der Waals surface area contributed by atoms with Crippen LogP contribution in [-0.4, -0.2) is 44.0 Å². The predicted molar refractivity (Wildman–Crippen MR) is 96.0 cm³/mol. The van der Waals surface area contributed by atoms with Gasteiger partial charge < -0.3 is 4.74 Å². The number of hydrogen-bond acceptors (Lipinski definition) is 6. The fourth-order valence-corrected chi connectivity index (χ4v) is 7.24. The molecule has 5 nitrogen and oxygen atoms in total. The van der Waals surface area contributed by atoms with Gasteiger partial charge in [-0.1, -0.05) is 0 Å². The van der Waals surface area contributed by atoms with Gasteiger partial charge in [0.2, 0.25) is 0 Å². The van der Waals surface area contributed by atoms with E-state index in [2.05, 4.69) is 4.98 Å². The summed E-state index contributed by atoms with van der Waals surface area (Å²) in [7, 11) is -3.43. The van der Waals surface area contributed by atoms with E-state index in [-0.39, 0.29) is 5.41 Å². The van der Waals surface area contributed by atoms with Crippen molar-refractivity contribution in [3.05, 3.63) is 22.5 Å². The Kier molecular flexibility index (Phi) is 4.29. The van der Waals surface area contributed by atoms with Gasteiger partial charge in [0.25, 0.3) is 10.0 Å². The summed E-state index contributed by atoms with van der Waals surface area (Å²) >= 11 is 2.89. The van der Waals surface area contributed by atoms with Gasteiger partial charge in [0, 0.05) is 30.5 Å². The molecule has 130 valence electrons. The van der Waals surface area contributed by atoms with Gasteiger partial charge in [-0.2, -0.15) is 4.31 Å². The fourth-order valence-electron chi connectivity index (χ4n) is 3.54. The molecule has 24 heavy (non-hydrogen) atoms. The normalized spacial score (nSPS) is 25.5. The van der Waals surface area contributed by atoms with E-state index in [0.29, 0.717) is 23.9 Å². The van der Waals surface area contributed by atoms with Gasteiger partial charge in [-0.05, 0) is 38.3 Å². The Morgan fingerprint density at radius 2 is 2.21 bits per heavy atom. The second-order valence-corrected chi connectivity index (χ2v) is 10.9. The van der Waals surface area contributed by atoms with E-state index in [0.717, 1.165) is 41.4 Å². The lowest BCUT2D eigenvalue weighted by Crippen LogP contribution is -2.46. The predicted octanol–water partition coefficient (Wildman–Crippen LogP) is 3.37. The van der Waals surface area contributed by atoms with Gasteiger partial charge in [-0.3, -0.25) is 0 Å². The summed E-state index contributed by atoms with van der Waals surface area (Å²) in [5, 5.41) is 2.96. The first-order chi connectivity index (χ1) is 11.5. The smallest absolute Gasteiger partial charge is 0.252 e. The molecule has 2 saturated heterocycles. The second kappa shape index (κ2) is 6.17. The highest BCUT2D eigenvalue weighted by Gasteiger charge is 2.42. The monoisotopic (exact) mass is 384 g/mol. The van der Waals surface area contributed by atoms with Crippen LogP contribution in [0.25, 0.3) is 10.6 Å². The van der Waals surface area contributed by atoms with E-state index in [4.69, 9.17) is 4.74 Å². The average molecular weight is 385 g/mol. The molecule has 2 aliphatic rings. The van der Waals surface area contributed by atoms with Gasteiger partial charge in [-0.25, -0.2) is 13.4 Å². The van der Waals surface area contributed by atoms with Crippen LogP contribution in [0.15, 0.2) is 21.7 Å². The molecule has 8 heteroatoms. The fraction of sp³-hybridized carbons (Fsp3) is 0.562. The topological polar surface area (TPSA) is 59.5 Å². The summed E-state index contributed by atoms with van der Waals surface area (Å²) in [5.74, 6) is 0. The number of aromatic nitrogens is 1. The van der Waals surface area contributed by atoms with Gasteiger partial charge in [0.05, 0.1) is 22.2 Å². The zero-order chi connectivity index (χ0) is 16.8. The van der Waals surface area contributed by atoms with Crippen molar-refractivity contribution in [2.75, 3.05) is 26.3 Å². The van der Waals surface area contributed by atoms with Crippen LogP contribution in [-0.2, 0) is 14.8 Å². The number of rotatable bonds is 3. The first kappa shape index (κ1) is 16.7. The van der Waals surface area contributed by atoms with Gasteiger partial charge in [0.15, 0.2) is 0 Å². The Bertz CT molecular complexity index is 834. The van der Waals surface area contributed by atoms with Crippen LogP contribution in [0, 0.1) is 12.3 Å². The lowest BCUT2D eigenvalue weighted by Gasteiger charge is -2.38. The molecule has 0 saturated carbocycles. The molecule has 0 aliphatic carbocycles. The van der Waals surface area contributed by atoms with E-state index in [1.807, 2.05) is 18.4 Å². The molecule has 0 aromatic carbocycles. The molecule has 1 atom stereocenters. The Morgan fingerprint density at radius 1 is 1.33 bits per heavy atom. The van der Waals surface area contributed by atoms with Crippen molar-refractivity contribution >= 4 is 32.7 Å². The lowest BCUT2D eigenvalue weighted by molar-refractivity contribution is 0.105. The van der Waals surface area contributed by atoms with E-state index < -0.39 is 10.0 Å². The molecule has 4 heterocycles. The molecule has 1 spiro atoms. The molecule has 2 aromatic heterocycles. The average Bonchev–Trinajstić information content (AvgIpc) is 3.28. The van der Waals surface area contributed by atoms with Crippen LogP contribution in [0.1, 0.15) is 24.3 Å². The van der Waals surface area contributed by atoms with Crippen molar-refractivity contribution in [3.63, 3.8) is 0 Å². The minimum atomic E-state index is -3.43. The third-order valence-corrected chi connectivity index (χ3v) is 9.05. The maximum atomic E-state index is 13.1. The molecule has 0 N–H and O–H groups in total. The number of hydrogen-bond donors (Lipinski definition) is 0. The Hall–Kier alpha value is -0.800. The molecule has 0 unspecified atom stereocenters. The Labute approximate surface area is 150 Å². The standard InChI is InChI=1S/C16H20N2O3S3/c1-12-17-13(9-22-12)14-3-4-15(23-14)24(19,20)18-7-2-5-16(10-18)6-8-21-11-16/h3-4,9H,2,5-8,10-11H2,1H3/t16-/m0/s1. The number of piperidine rings is 1. The van der Waals surface area contributed by atoms with Crippen LogP contribution < -0.4 is 0 Å². The van der Waals surface area contributed by atoms with Gasteiger partial charge in [0.1, 0.15) is 4.21 Å². The molecular weight excluding hydrogens is 364 g/mol. The molecule has 0 amide bonds. The van der Waals surface area contributed by atoms with Crippen molar-refractivity contribution in [2.45, 2.75) is 30.4 Å². The zero-order valence-corrected chi connectivity index (χ0v) is 16.0. The molecule has 2 aromatic rings. The van der Waals surface area contributed by atoms with Crippen LogP contribution in [0.5, 0.6) is 0 Å². The summed E-state index contributed by atoms with van der Waals surface area (Å²) in [6.45, 7) is 4.58. The third kappa shape index (κ3) is 2.94. The van der Waals surface area contributed by atoms with Crippen LogP contribution in [0.2, 0.25) is 0 Å². The number of thiazole rings is 1. The molecule has 0 bridgehead atoms. The van der Waals surface area contributed by atoms with Crippen LogP contribution in [0.4, 0.5) is 0 Å². The molecule has 2 aliphatic heterocycles. The van der Waals surface area contributed by atoms with E-state index in [1.165, 1.54) is 11.3 Å². The number of aryl methyl sites for hydroxylation is 1. The highest BCUT2D eigenvalue weighted by Crippen LogP contribution is 2.40. The highest BCUT2D eigenvalue weighted by atomic mass is 32.2.